The molecule has 0 aromatic heterocycles. The standard InChI is InChI=1S/C17H18O2/c18-17(19)15-11-5-9-13-8-4-10-14(16(13)15)12-6-2-1-3-7-12/h4-5,8-12H,1-3,6-7H2,(H,18,19). The van der Waals surface area contributed by atoms with Crippen LogP contribution in [-0.4, -0.2) is 11.1 Å². The molecule has 0 atom stereocenters. The van der Waals surface area contributed by atoms with Crippen molar-refractivity contribution in [3.05, 3.63) is 47.5 Å². The van der Waals surface area contributed by atoms with Crippen LogP contribution in [0.2, 0.25) is 0 Å². The molecule has 0 radical (unpaired) electrons. The molecule has 0 aliphatic heterocycles. The topological polar surface area (TPSA) is 37.3 Å². The fourth-order valence-corrected chi connectivity index (χ4v) is 3.30. The minimum atomic E-state index is -0.825. The molecule has 0 bridgehead atoms. The van der Waals surface area contributed by atoms with E-state index in [0.717, 1.165) is 10.8 Å². The second-order valence-corrected chi connectivity index (χ2v) is 5.39. The number of rotatable bonds is 2. The highest BCUT2D eigenvalue weighted by Crippen LogP contribution is 2.37. The molecule has 1 saturated carbocycles. The van der Waals surface area contributed by atoms with Crippen LogP contribution < -0.4 is 0 Å². The summed E-state index contributed by atoms with van der Waals surface area (Å²) in [5.41, 5.74) is 1.67. The van der Waals surface area contributed by atoms with E-state index in [1.54, 1.807) is 6.07 Å². The fourth-order valence-electron chi connectivity index (χ4n) is 3.30. The van der Waals surface area contributed by atoms with Gasteiger partial charge in [-0.25, -0.2) is 4.79 Å². The van der Waals surface area contributed by atoms with Crippen molar-refractivity contribution in [2.75, 3.05) is 0 Å². The number of benzene rings is 2. The Balaban J connectivity index is 2.20. The summed E-state index contributed by atoms with van der Waals surface area (Å²) in [5, 5.41) is 11.4. The first-order chi connectivity index (χ1) is 9.27. The van der Waals surface area contributed by atoms with Gasteiger partial charge in [-0.15, -0.1) is 0 Å². The van der Waals surface area contributed by atoms with Gasteiger partial charge in [-0.2, -0.15) is 0 Å². The molecule has 2 aromatic carbocycles. The summed E-state index contributed by atoms with van der Waals surface area (Å²) in [5.74, 6) is -0.299. The summed E-state index contributed by atoms with van der Waals surface area (Å²) in [4.78, 5) is 11.4. The Bertz CT molecular complexity index is 604. The molecular formula is C17H18O2. The number of fused-ring (bicyclic) bond motifs is 1. The van der Waals surface area contributed by atoms with Crippen LogP contribution in [0.3, 0.4) is 0 Å². The first-order valence-corrected chi connectivity index (χ1v) is 7.02. The van der Waals surface area contributed by atoms with Gasteiger partial charge in [0.25, 0.3) is 0 Å². The van der Waals surface area contributed by atoms with Crippen LogP contribution in [0, 0.1) is 0 Å². The van der Waals surface area contributed by atoms with E-state index in [9.17, 15) is 9.90 Å². The predicted molar refractivity (Wildman–Crippen MR) is 76.7 cm³/mol. The van der Waals surface area contributed by atoms with Crippen LogP contribution in [0.1, 0.15) is 53.9 Å². The average molecular weight is 254 g/mol. The maximum absolute atomic E-state index is 11.4. The van der Waals surface area contributed by atoms with E-state index in [2.05, 4.69) is 12.1 Å². The van der Waals surface area contributed by atoms with E-state index in [-0.39, 0.29) is 0 Å². The molecule has 19 heavy (non-hydrogen) atoms. The lowest BCUT2D eigenvalue weighted by Crippen LogP contribution is -2.07. The van der Waals surface area contributed by atoms with Crippen LogP contribution >= 0.6 is 0 Å². The highest BCUT2D eigenvalue weighted by Gasteiger charge is 2.20. The predicted octanol–water partition coefficient (Wildman–Crippen LogP) is 4.59. The van der Waals surface area contributed by atoms with E-state index in [1.807, 2.05) is 18.2 Å². The molecule has 98 valence electrons. The number of carboxylic acids is 1. The maximum Gasteiger partial charge on any atom is 0.336 e. The molecule has 0 unspecified atom stereocenters. The molecule has 2 aromatic rings. The van der Waals surface area contributed by atoms with Crippen molar-refractivity contribution in [1.29, 1.82) is 0 Å². The molecule has 1 N–H and O–H groups in total. The van der Waals surface area contributed by atoms with Gasteiger partial charge in [0.2, 0.25) is 0 Å². The van der Waals surface area contributed by atoms with Gasteiger partial charge in [-0.05, 0) is 41.2 Å². The molecule has 0 amide bonds. The van der Waals surface area contributed by atoms with Crippen molar-refractivity contribution in [3.63, 3.8) is 0 Å². The Labute approximate surface area is 113 Å². The quantitative estimate of drug-likeness (QED) is 0.851. The minimum absolute atomic E-state index is 0.443. The van der Waals surface area contributed by atoms with E-state index in [4.69, 9.17) is 0 Å². The number of aromatic carboxylic acids is 1. The fraction of sp³-hybridized carbons (Fsp3) is 0.353. The monoisotopic (exact) mass is 254 g/mol. The van der Waals surface area contributed by atoms with Gasteiger partial charge in [0.05, 0.1) is 5.56 Å². The molecule has 0 saturated heterocycles. The Morgan fingerprint density at radius 2 is 1.68 bits per heavy atom. The van der Waals surface area contributed by atoms with Gasteiger partial charge in [0.15, 0.2) is 0 Å². The first-order valence-electron chi connectivity index (χ1n) is 7.02. The second kappa shape index (κ2) is 5.04. The highest BCUT2D eigenvalue weighted by atomic mass is 16.4. The van der Waals surface area contributed by atoms with Gasteiger partial charge in [-0.3, -0.25) is 0 Å². The number of carboxylic acid groups (broad SMARTS) is 1. The van der Waals surface area contributed by atoms with Crippen LogP contribution in [0.4, 0.5) is 0 Å². The van der Waals surface area contributed by atoms with Crippen molar-refractivity contribution in [1.82, 2.24) is 0 Å². The zero-order valence-corrected chi connectivity index (χ0v) is 10.9. The lowest BCUT2D eigenvalue weighted by atomic mass is 9.81. The number of hydrogen-bond acceptors (Lipinski definition) is 1. The van der Waals surface area contributed by atoms with Gasteiger partial charge in [-0.1, -0.05) is 49.6 Å². The van der Waals surface area contributed by atoms with E-state index in [0.29, 0.717) is 11.5 Å². The Hall–Kier alpha value is -1.83. The Kier molecular flexibility index (Phi) is 3.24. The summed E-state index contributed by atoms with van der Waals surface area (Å²) in [6.07, 6.45) is 6.21. The van der Waals surface area contributed by atoms with Crippen LogP contribution in [0.5, 0.6) is 0 Å². The zero-order valence-electron chi connectivity index (χ0n) is 10.9. The lowest BCUT2D eigenvalue weighted by Gasteiger charge is -2.24. The normalized spacial score (nSPS) is 16.6. The molecule has 0 heterocycles. The third-order valence-electron chi connectivity index (χ3n) is 4.21. The van der Waals surface area contributed by atoms with Gasteiger partial charge < -0.3 is 5.11 Å². The van der Waals surface area contributed by atoms with Crippen LogP contribution in [-0.2, 0) is 0 Å². The summed E-state index contributed by atoms with van der Waals surface area (Å²) in [6.45, 7) is 0. The van der Waals surface area contributed by atoms with Crippen LogP contribution in [0.25, 0.3) is 10.8 Å². The lowest BCUT2D eigenvalue weighted by molar-refractivity contribution is 0.0699. The molecule has 1 fully saturated rings. The maximum atomic E-state index is 11.4. The molecule has 1 aliphatic rings. The minimum Gasteiger partial charge on any atom is -0.478 e. The highest BCUT2D eigenvalue weighted by molar-refractivity contribution is 6.05. The zero-order chi connectivity index (χ0) is 13.2. The average Bonchev–Trinajstić information content (AvgIpc) is 2.46. The number of carbonyl (C=O) groups is 1. The molecule has 3 rings (SSSR count). The van der Waals surface area contributed by atoms with Crippen molar-refractivity contribution in [3.8, 4) is 0 Å². The van der Waals surface area contributed by atoms with E-state index < -0.39 is 5.97 Å². The van der Waals surface area contributed by atoms with Gasteiger partial charge in [0, 0.05) is 0 Å². The van der Waals surface area contributed by atoms with Crippen molar-refractivity contribution in [2.45, 2.75) is 38.0 Å². The smallest absolute Gasteiger partial charge is 0.336 e. The molecule has 2 nitrogen and oxygen atoms in total. The summed E-state index contributed by atoms with van der Waals surface area (Å²) < 4.78 is 0. The molecular weight excluding hydrogens is 236 g/mol. The molecule has 1 aliphatic carbocycles. The van der Waals surface area contributed by atoms with Crippen LogP contribution in [0.15, 0.2) is 36.4 Å². The number of hydrogen-bond donors (Lipinski definition) is 1. The SMILES string of the molecule is O=C(O)c1cccc2cccc(C3CCCCC3)c12. The first kappa shape index (κ1) is 12.2. The van der Waals surface area contributed by atoms with Gasteiger partial charge in [0.1, 0.15) is 0 Å². The van der Waals surface area contributed by atoms with Crippen molar-refractivity contribution >= 4 is 16.7 Å². The van der Waals surface area contributed by atoms with Crippen molar-refractivity contribution in [2.24, 2.45) is 0 Å². The van der Waals surface area contributed by atoms with Crippen molar-refractivity contribution < 1.29 is 9.90 Å². The Morgan fingerprint density at radius 1 is 1.00 bits per heavy atom. The summed E-state index contributed by atoms with van der Waals surface area (Å²) in [7, 11) is 0. The third kappa shape index (κ3) is 2.23. The summed E-state index contributed by atoms with van der Waals surface area (Å²) in [6, 6.07) is 11.7. The van der Waals surface area contributed by atoms with E-state index >= 15 is 0 Å². The second-order valence-electron chi connectivity index (χ2n) is 5.39. The van der Waals surface area contributed by atoms with E-state index in [1.165, 1.54) is 37.7 Å². The third-order valence-corrected chi connectivity index (χ3v) is 4.21. The summed E-state index contributed by atoms with van der Waals surface area (Å²) >= 11 is 0. The Morgan fingerprint density at radius 3 is 2.37 bits per heavy atom. The van der Waals surface area contributed by atoms with Gasteiger partial charge >= 0.3 is 5.97 Å². The molecule has 0 spiro atoms. The molecule has 2 heteroatoms. The largest absolute Gasteiger partial charge is 0.478 e.